The Balaban J connectivity index is 1.73. The van der Waals surface area contributed by atoms with E-state index in [-0.39, 0.29) is 0 Å². The molecule has 0 aliphatic heterocycles. The summed E-state index contributed by atoms with van der Waals surface area (Å²) in [5.41, 5.74) is 5.00. The molecule has 144 valence electrons. The van der Waals surface area contributed by atoms with Crippen LogP contribution in [0.5, 0.6) is 0 Å². The molecule has 0 saturated carbocycles. The number of halogens is 1. The number of aliphatic imine (C=N–C) groups is 1. The molecule has 1 aromatic carbocycles. The maximum atomic E-state index is 8.99. The van der Waals surface area contributed by atoms with Gasteiger partial charge in [-0.2, -0.15) is 10.4 Å². The minimum absolute atomic E-state index is 0.528. The van der Waals surface area contributed by atoms with E-state index in [0.717, 1.165) is 28.1 Å². The topological polar surface area (TPSA) is 89.8 Å². The zero-order valence-corrected chi connectivity index (χ0v) is 16.6. The predicted octanol–water partition coefficient (Wildman–Crippen LogP) is 5.23. The maximum absolute atomic E-state index is 8.99. The van der Waals surface area contributed by atoms with Gasteiger partial charge in [-0.1, -0.05) is 23.7 Å². The Morgan fingerprint density at radius 2 is 2.21 bits per heavy atom. The normalized spacial score (nSPS) is 11.4. The van der Waals surface area contributed by atoms with E-state index in [1.807, 2.05) is 43.3 Å². The van der Waals surface area contributed by atoms with Gasteiger partial charge in [0.2, 0.25) is 0 Å². The van der Waals surface area contributed by atoms with Crippen LogP contribution in [0, 0.1) is 11.3 Å². The van der Waals surface area contributed by atoms with Crippen LogP contribution < -0.4 is 5.32 Å². The van der Waals surface area contributed by atoms with Crippen molar-refractivity contribution in [1.29, 1.82) is 5.26 Å². The molecule has 2 heterocycles. The number of nitriles is 1. The van der Waals surface area contributed by atoms with Gasteiger partial charge in [0.15, 0.2) is 0 Å². The number of nitrogens with one attached hydrogen (secondary N) is 2. The molecule has 3 aromatic rings. The van der Waals surface area contributed by atoms with Crippen molar-refractivity contribution in [2.75, 3.05) is 5.32 Å². The number of aromatic amines is 1. The van der Waals surface area contributed by atoms with E-state index in [1.165, 1.54) is 0 Å². The Hall–Kier alpha value is -3.69. The van der Waals surface area contributed by atoms with Crippen molar-refractivity contribution in [2.24, 2.45) is 4.99 Å². The number of aromatic nitrogens is 3. The number of H-pyrrole nitrogens is 1. The molecule has 0 saturated heterocycles. The second-order valence-electron chi connectivity index (χ2n) is 6.11. The molecular formula is C22H19ClN6. The third-order valence-electron chi connectivity index (χ3n) is 4.23. The van der Waals surface area contributed by atoms with Crippen molar-refractivity contribution in [3.8, 4) is 17.2 Å². The molecule has 0 aliphatic carbocycles. The second kappa shape index (κ2) is 9.49. The van der Waals surface area contributed by atoms with Crippen LogP contribution in [0.15, 0.2) is 65.9 Å². The Kier molecular flexibility index (Phi) is 6.56. The number of rotatable bonds is 7. The van der Waals surface area contributed by atoms with Gasteiger partial charge >= 0.3 is 0 Å². The molecule has 0 amide bonds. The molecule has 0 aliphatic rings. The van der Waals surface area contributed by atoms with Gasteiger partial charge < -0.3 is 5.32 Å². The highest BCUT2D eigenvalue weighted by atomic mass is 35.5. The van der Waals surface area contributed by atoms with E-state index in [4.69, 9.17) is 16.9 Å². The van der Waals surface area contributed by atoms with Crippen molar-refractivity contribution in [1.82, 2.24) is 15.2 Å². The molecule has 6 nitrogen and oxygen atoms in total. The first-order chi connectivity index (χ1) is 14.1. The van der Waals surface area contributed by atoms with Crippen molar-refractivity contribution in [3.05, 3.63) is 82.9 Å². The summed E-state index contributed by atoms with van der Waals surface area (Å²) < 4.78 is 0. The van der Waals surface area contributed by atoms with Crippen molar-refractivity contribution in [3.63, 3.8) is 0 Å². The van der Waals surface area contributed by atoms with Crippen LogP contribution in [0.4, 0.5) is 5.82 Å². The lowest BCUT2D eigenvalue weighted by Gasteiger charge is -2.08. The quantitative estimate of drug-likeness (QED) is 0.418. The summed E-state index contributed by atoms with van der Waals surface area (Å²) in [4.78, 5) is 8.08. The summed E-state index contributed by atoms with van der Waals surface area (Å²) in [6.07, 6.45) is 7.16. The van der Waals surface area contributed by atoms with Gasteiger partial charge in [0.05, 0.1) is 29.6 Å². The van der Waals surface area contributed by atoms with E-state index in [1.54, 1.807) is 24.5 Å². The maximum Gasteiger partial charge on any atom is 0.126 e. The average molecular weight is 403 g/mol. The van der Waals surface area contributed by atoms with Gasteiger partial charge in [-0.15, -0.1) is 0 Å². The minimum Gasteiger partial charge on any atom is -0.364 e. The van der Waals surface area contributed by atoms with Gasteiger partial charge in [0, 0.05) is 23.0 Å². The van der Waals surface area contributed by atoms with Crippen LogP contribution in [-0.2, 0) is 6.54 Å². The SMILES string of the molecule is C=NC=CC(=CC)c1cc(CNc2cc(-c3ccc(C#N)cc3Cl)ccn2)[nH]n1. The third kappa shape index (κ3) is 4.98. The molecule has 2 N–H and O–H groups in total. The predicted molar refractivity (Wildman–Crippen MR) is 118 cm³/mol. The molecule has 0 unspecified atom stereocenters. The summed E-state index contributed by atoms with van der Waals surface area (Å²) in [5, 5.41) is 20.2. The first-order valence-corrected chi connectivity index (χ1v) is 9.25. The zero-order chi connectivity index (χ0) is 20.6. The zero-order valence-electron chi connectivity index (χ0n) is 15.9. The number of benzene rings is 1. The van der Waals surface area contributed by atoms with Gasteiger partial charge in [0.25, 0.3) is 0 Å². The van der Waals surface area contributed by atoms with Crippen molar-refractivity contribution in [2.45, 2.75) is 13.5 Å². The molecule has 0 fully saturated rings. The number of pyridine rings is 1. The summed E-state index contributed by atoms with van der Waals surface area (Å²) in [7, 11) is 0. The fraction of sp³-hybridized carbons (Fsp3) is 0.0909. The van der Waals surface area contributed by atoms with Gasteiger partial charge in [-0.25, -0.2) is 4.98 Å². The molecule has 7 heteroatoms. The number of hydrogen-bond donors (Lipinski definition) is 2. The highest BCUT2D eigenvalue weighted by Gasteiger charge is 2.08. The van der Waals surface area contributed by atoms with Gasteiger partial charge in [-0.3, -0.25) is 10.1 Å². The fourth-order valence-corrected chi connectivity index (χ4v) is 3.05. The Bertz CT molecular complexity index is 1120. The Labute approximate surface area is 174 Å². The van der Waals surface area contributed by atoms with Crippen molar-refractivity contribution < 1.29 is 0 Å². The van der Waals surface area contributed by atoms with E-state index in [0.29, 0.717) is 22.9 Å². The highest BCUT2D eigenvalue weighted by Crippen LogP contribution is 2.29. The molecule has 0 radical (unpaired) electrons. The molecule has 0 bridgehead atoms. The molecule has 29 heavy (non-hydrogen) atoms. The smallest absolute Gasteiger partial charge is 0.126 e. The standard InChI is InChI=1S/C22H19ClN6/c1-3-16(6-8-25-2)21-12-18(28-29-21)14-27-22-11-17(7-9-26-22)19-5-4-15(13-24)10-20(19)23/h3-12H,2,14H2,1H3,(H,26,27)(H,28,29). The summed E-state index contributed by atoms with van der Waals surface area (Å²) in [5.74, 6) is 0.709. The third-order valence-corrected chi connectivity index (χ3v) is 4.54. The highest BCUT2D eigenvalue weighted by molar-refractivity contribution is 6.33. The summed E-state index contributed by atoms with van der Waals surface area (Å²) in [6, 6.07) is 13.1. The summed E-state index contributed by atoms with van der Waals surface area (Å²) >= 11 is 6.32. The Morgan fingerprint density at radius 3 is 2.93 bits per heavy atom. The van der Waals surface area contributed by atoms with Gasteiger partial charge in [0.1, 0.15) is 5.82 Å². The molecule has 3 rings (SSSR count). The lowest BCUT2D eigenvalue weighted by Crippen LogP contribution is -2.01. The minimum atomic E-state index is 0.528. The molecule has 2 aromatic heterocycles. The average Bonchev–Trinajstić information content (AvgIpc) is 3.22. The fourth-order valence-electron chi connectivity index (χ4n) is 2.76. The van der Waals surface area contributed by atoms with Gasteiger partial charge in [-0.05, 0) is 61.2 Å². The monoisotopic (exact) mass is 402 g/mol. The van der Waals surface area contributed by atoms with Crippen LogP contribution >= 0.6 is 11.6 Å². The number of allylic oxidation sites excluding steroid dienone is 3. The van der Waals surface area contributed by atoms with Crippen molar-refractivity contribution >= 4 is 29.7 Å². The van der Waals surface area contributed by atoms with Crippen LogP contribution in [0.2, 0.25) is 5.02 Å². The van der Waals surface area contributed by atoms with E-state index < -0.39 is 0 Å². The van der Waals surface area contributed by atoms with E-state index >= 15 is 0 Å². The molecular weight excluding hydrogens is 384 g/mol. The van der Waals surface area contributed by atoms with E-state index in [2.05, 4.69) is 38.3 Å². The number of nitrogens with zero attached hydrogens (tertiary/aromatic N) is 4. The summed E-state index contributed by atoms with van der Waals surface area (Å²) in [6.45, 7) is 5.92. The lowest BCUT2D eigenvalue weighted by atomic mass is 10.1. The largest absolute Gasteiger partial charge is 0.364 e. The molecule has 0 atom stereocenters. The first-order valence-electron chi connectivity index (χ1n) is 8.88. The molecule has 0 spiro atoms. The first kappa shape index (κ1) is 20.1. The second-order valence-corrected chi connectivity index (χ2v) is 6.52. The Morgan fingerprint density at radius 1 is 1.34 bits per heavy atom. The van der Waals surface area contributed by atoms with Crippen LogP contribution in [-0.4, -0.2) is 21.9 Å². The number of anilines is 1. The lowest BCUT2D eigenvalue weighted by molar-refractivity contribution is 0.970. The van der Waals surface area contributed by atoms with Crippen LogP contribution in [0.1, 0.15) is 23.9 Å². The number of hydrogen-bond acceptors (Lipinski definition) is 5. The van der Waals surface area contributed by atoms with Crippen LogP contribution in [0.25, 0.3) is 16.7 Å². The van der Waals surface area contributed by atoms with E-state index in [9.17, 15) is 0 Å². The van der Waals surface area contributed by atoms with Crippen LogP contribution in [0.3, 0.4) is 0 Å².